The summed E-state index contributed by atoms with van der Waals surface area (Å²) in [6, 6.07) is 11.8. The molecule has 0 heterocycles. The zero-order valence-corrected chi connectivity index (χ0v) is 11.7. The highest BCUT2D eigenvalue weighted by Gasteiger charge is 2.13. The molecule has 0 spiro atoms. The maximum absolute atomic E-state index is 11.0. The van der Waals surface area contributed by atoms with Crippen LogP contribution in [0.15, 0.2) is 42.5 Å². The Bertz CT molecular complexity index is 637. The average Bonchev–Trinajstić information content (AvgIpc) is 2.41. The molecule has 2 aromatic rings. The summed E-state index contributed by atoms with van der Waals surface area (Å²) in [6.45, 7) is 2.02. The number of rotatable bonds is 5. The molecule has 0 aromatic heterocycles. The van der Waals surface area contributed by atoms with E-state index in [1.807, 2.05) is 31.2 Å². The molecular formula is C16H17NO4. The molecule has 5 nitrogen and oxygen atoms in total. The summed E-state index contributed by atoms with van der Waals surface area (Å²) in [7, 11) is 0. The highest BCUT2D eigenvalue weighted by atomic mass is 16.4. The fourth-order valence-corrected chi connectivity index (χ4v) is 2.05. The summed E-state index contributed by atoms with van der Waals surface area (Å²) in [5.41, 5.74) is 2.40. The van der Waals surface area contributed by atoms with Crippen LogP contribution < -0.4 is 4.90 Å². The molecule has 21 heavy (non-hydrogen) atoms. The second kappa shape index (κ2) is 6.17. The van der Waals surface area contributed by atoms with Crippen LogP contribution in [0.5, 0.6) is 11.5 Å². The number of aryl methyl sites for hydroxylation is 1. The molecule has 0 unspecified atom stereocenters. The fourth-order valence-electron chi connectivity index (χ4n) is 2.05. The highest BCUT2D eigenvalue weighted by Crippen LogP contribution is 2.26. The molecule has 0 bridgehead atoms. The number of aromatic hydroxyl groups is 2. The molecule has 0 radical (unpaired) electrons. The molecular weight excluding hydrogens is 270 g/mol. The quantitative estimate of drug-likeness (QED) is 0.787. The number of aliphatic carboxylic acids is 1. The topological polar surface area (TPSA) is 81.0 Å². The van der Waals surface area contributed by atoms with Crippen LogP contribution in [0.4, 0.5) is 5.69 Å². The van der Waals surface area contributed by atoms with Crippen LogP contribution in [0.2, 0.25) is 0 Å². The van der Waals surface area contributed by atoms with Gasteiger partial charge in [-0.2, -0.15) is 0 Å². The SMILES string of the molecule is Cc1ccc(N(CC(=O)O)Cc2ccc(O)cc2O)cc1. The maximum Gasteiger partial charge on any atom is 0.323 e. The lowest BCUT2D eigenvalue weighted by Crippen LogP contribution is -2.29. The standard InChI is InChI=1S/C16H17NO4/c1-11-2-5-13(6-3-11)17(10-16(20)21)9-12-4-7-14(18)8-15(12)19/h2-8,18-19H,9-10H2,1H3,(H,20,21). The van der Waals surface area contributed by atoms with E-state index < -0.39 is 5.97 Å². The molecule has 0 aliphatic carbocycles. The molecule has 0 aliphatic rings. The van der Waals surface area contributed by atoms with Crippen LogP contribution in [-0.2, 0) is 11.3 Å². The second-order valence-electron chi connectivity index (χ2n) is 4.90. The van der Waals surface area contributed by atoms with Crippen molar-refractivity contribution in [1.29, 1.82) is 0 Å². The molecule has 5 heteroatoms. The number of carbonyl (C=O) groups is 1. The van der Waals surface area contributed by atoms with Crippen LogP contribution in [0.25, 0.3) is 0 Å². The largest absolute Gasteiger partial charge is 0.508 e. The smallest absolute Gasteiger partial charge is 0.323 e. The van der Waals surface area contributed by atoms with E-state index in [0.717, 1.165) is 11.3 Å². The van der Waals surface area contributed by atoms with Crippen molar-refractivity contribution >= 4 is 11.7 Å². The van der Waals surface area contributed by atoms with E-state index in [0.29, 0.717) is 5.56 Å². The van der Waals surface area contributed by atoms with Crippen LogP contribution in [-0.4, -0.2) is 27.8 Å². The van der Waals surface area contributed by atoms with Crippen molar-refractivity contribution in [2.75, 3.05) is 11.4 Å². The van der Waals surface area contributed by atoms with E-state index in [4.69, 9.17) is 5.11 Å². The Morgan fingerprint density at radius 2 is 1.76 bits per heavy atom. The number of carboxylic acid groups (broad SMARTS) is 1. The van der Waals surface area contributed by atoms with Gasteiger partial charge in [0, 0.05) is 23.9 Å². The Balaban J connectivity index is 2.27. The summed E-state index contributed by atoms with van der Waals surface area (Å²) in [5, 5.41) is 28.2. The minimum Gasteiger partial charge on any atom is -0.508 e. The Kier molecular flexibility index (Phi) is 4.33. The number of anilines is 1. The Morgan fingerprint density at radius 3 is 2.33 bits per heavy atom. The lowest BCUT2D eigenvalue weighted by atomic mass is 10.1. The van der Waals surface area contributed by atoms with Gasteiger partial charge in [0.15, 0.2) is 0 Å². The van der Waals surface area contributed by atoms with Crippen LogP contribution in [0, 0.1) is 6.92 Å². The summed E-state index contributed by atoms with van der Waals surface area (Å²) >= 11 is 0. The lowest BCUT2D eigenvalue weighted by Gasteiger charge is -2.23. The number of hydrogen-bond donors (Lipinski definition) is 3. The molecule has 3 N–H and O–H groups in total. The van der Waals surface area contributed by atoms with Crippen molar-refractivity contribution in [3.8, 4) is 11.5 Å². The second-order valence-corrected chi connectivity index (χ2v) is 4.90. The van der Waals surface area contributed by atoms with Gasteiger partial charge in [-0.15, -0.1) is 0 Å². The molecule has 0 saturated carbocycles. The van der Waals surface area contributed by atoms with Gasteiger partial charge in [0.25, 0.3) is 0 Å². The lowest BCUT2D eigenvalue weighted by molar-refractivity contribution is -0.135. The summed E-state index contributed by atoms with van der Waals surface area (Å²) in [6.07, 6.45) is 0. The van der Waals surface area contributed by atoms with Gasteiger partial charge in [-0.25, -0.2) is 0 Å². The molecule has 2 rings (SSSR count). The van der Waals surface area contributed by atoms with Gasteiger partial charge in [-0.1, -0.05) is 17.7 Å². The molecule has 2 aromatic carbocycles. The van der Waals surface area contributed by atoms with Gasteiger partial charge in [-0.3, -0.25) is 4.79 Å². The Labute approximate surface area is 122 Å². The predicted octanol–water partition coefficient (Wildman–Crippen LogP) is 2.50. The maximum atomic E-state index is 11.0. The van der Waals surface area contributed by atoms with E-state index in [1.165, 1.54) is 12.1 Å². The van der Waals surface area contributed by atoms with Gasteiger partial charge in [0.05, 0.1) is 0 Å². The van der Waals surface area contributed by atoms with Crippen molar-refractivity contribution in [1.82, 2.24) is 0 Å². The van der Waals surface area contributed by atoms with Crippen LogP contribution in [0.1, 0.15) is 11.1 Å². The molecule has 0 atom stereocenters. The zero-order valence-electron chi connectivity index (χ0n) is 11.7. The van der Waals surface area contributed by atoms with Crippen LogP contribution in [0.3, 0.4) is 0 Å². The van der Waals surface area contributed by atoms with Gasteiger partial charge in [0.1, 0.15) is 18.0 Å². The highest BCUT2D eigenvalue weighted by molar-refractivity contribution is 5.73. The van der Waals surface area contributed by atoms with E-state index in [1.54, 1.807) is 11.0 Å². The minimum atomic E-state index is -0.950. The zero-order chi connectivity index (χ0) is 15.4. The van der Waals surface area contributed by atoms with Gasteiger partial charge >= 0.3 is 5.97 Å². The molecule has 0 aliphatic heterocycles. The van der Waals surface area contributed by atoms with Crippen molar-refractivity contribution in [2.45, 2.75) is 13.5 Å². The Hall–Kier alpha value is -2.69. The first-order chi connectivity index (χ1) is 9.95. The number of carboxylic acids is 1. The molecule has 0 amide bonds. The number of phenols is 2. The first-order valence-corrected chi connectivity index (χ1v) is 6.50. The van der Waals surface area contributed by atoms with Crippen molar-refractivity contribution in [2.24, 2.45) is 0 Å². The normalized spacial score (nSPS) is 10.3. The van der Waals surface area contributed by atoms with Crippen LogP contribution >= 0.6 is 0 Å². The first-order valence-electron chi connectivity index (χ1n) is 6.50. The summed E-state index contributed by atoms with van der Waals surface area (Å²) < 4.78 is 0. The van der Waals surface area contributed by atoms with E-state index in [2.05, 4.69) is 0 Å². The van der Waals surface area contributed by atoms with Gasteiger partial charge in [-0.05, 0) is 31.2 Å². The Morgan fingerprint density at radius 1 is 1.10 bits per heavy atom. The number of nitrogens with zero attached hydrogens (tertiary/aromatic N) is 1. The van der Waals surface area contributed by atoms with Crippen molar-refractivity contribution < 1.29 is 20.1 Å². The van der Waals surface area contributed by atoms with Gasteiger partial charge < -0.3 is 20.2 Å². The minimum absolute atomic E-state index is 0.0311. The molecule has 0 saturated heterocycles. The summed E-state index contributed by atoms with van der Waals surface area (Å²) in [5.74, 6) is -1.04. The number of hydrogen-bond acceptors (Lipinski definition) is 4. The third-order valence-corrected chi connectivity index (χ3v) is 3.16. The number of benzene rings is 2. The van der Waals surface area contributed by atoms with E-state index >= 15 is 0 Å². The fraction of sp³-hybridized carbons (Fsp3) is 0.188. The first kappa shape index (κ1) is 14.7. The average molecular weight is 287 g/mol. The third-order valence-electron chi connectivity index (χ3n) is 3.16. The predicted molar refractivity (Wildman–Crippen MR) is 79.6 cm³/mol. The molecule has 0 fully saturated rings. The van der Waals surface area contributed by atoms with Gasteiger partial charge in [0.2, 0.25) is 0 Å². The van der Waals surface area contributed by atoms with Crippen molar-refractivity contribution in [3.63, 3.8) is 0 Å². The third kappa shape index (κ3) is 3.89. The number of phenolic OH excluding ortho intramolecular Hbond substituents is 2. The monoisotopic (exact) mass is 287 g/mol. The van der Waals surface area contributed by atoms with E-state index in [9.17, 15) is 15.0 Å². The van der Waals surface area contributed by atoms with E-state index in [-0.39, 0.29) is 24.6 Å². The summed E-state index contributed by atoms with van der Waals surface area (Å²) in [4.78, 5) is 12.7. The van der Waals surface area contributed by atoms with Crippen molar-refractivity contribution in [3.05, 3.63) is 53.6 Å². The molecule has 110 valence electrons.